The number of pyridine rings is 1. The first-order valence-corrected chi connectivity index (χ1v) is 8.46. The van der Waals surface area contributed by atoms with Crippen LogP contribution < -0.4 is 10.6 Å². The van der Waals surface area contributed by atoms with E-state index in [1.165, 1.54) is 0 Å². The maximum Gasteiger partial charge on any atom is 0.251 e. The molecular weight excluding hydrogens is 308 g/mol. The molecular formula is C17H26N4O3. The van der Waals surface area contributed by atoms with Crippen molar-refractivity contribution in [3.8, 4) is 0 Å². The molecule has 0 aliphatic carbocycles. The molecule has 1 fully saturated rings. The Morgan fingerprint density at radius 1 is 1.46 bits per heavy atom. The number of hydrogen-bond acceptors (Lipinski definition) is 5. The third-order valence-electron chi connectivity index (χ3n) is 4.16. The molecule has 2 N–H and O–H groups in total. The molecule has 1 aromatic heterocycles. The van der Waals surface area contributed by atoms with Crippen molar-refractivity contribution in [1.82, 2.24) is 20.5 Å². The summed E-state index contributed by atoms with van der Waals surface area (Å²) in [7, 11) is 0. The topological polar surface area (TPSA) is 83.6 Å². The first-order chi connectivity index (χ1) is 11.7. The number of hydrogen-bond donors (Lipinski definition) is 2. The number of nitrogens with zero attached hydrogens (tertiary/aromatic N) is 2. The fraction of sp³-hybridized carbons (Fsp3) is 0.588. The standard InChI is InChI=1S/C17H26N4O3/c1-3-21(4-2)10-6-9-19-17(23)16-15(20-14(22)12-24-16)13-7-5-8-18-11-13/h5,7-8,11,15-16H,3-4,6,9-10,12H2,1-2H3,(H,19,23)(H,20,22)/t15-,16+/m1/s1. The molecule has 2 amide bonds. The molecule has 1 aliphatic rings. The zero-order chi connectivity index (χ0) is 17.4. The van der Waals surface area contributed by atoms with Crippen LogP contribution in [0.4, 0.5) is 0 Å². The highest BCUT2D eigenvalue weighted by molar-refractivity contribution is 5.86. The van der Waals surface area contributed by atoms with E-state index in [4.69, 9.17) is 4.74 Å². The highest BCUT2D eigenvalue weighted by atomic mass is 16.5. The smallest absolute Gasteiger partial charge is 0.251 e. The average molecular weight is 334 g/mol. The maximum atomic E-state index is 12.5. The number of ether oxygens (including phenoxy) is 1. The Kier molecular flexibility index (Phi) is 7.14. The zero-order valence-corrected chi connectivity index (χ0v) is 14.3. The van der Waals surface area contributed by atoms with Gasteiger partial charge in [-0.05, 0) is 37.7 Å². The molecule has 2 rings (SSSR count). The van der Waals surface area contributed by atoms with Crippen LogP contribution in [0.3, 0.4) is 0 Å². The molecule has 0 unspecified atom stereocenters. The Morgan fingerprint density at radius 3 is 2.92 bits per heavy atom. The van der Waals surface area contributed by atoms with Crippen molar-refractivity contribution in [1.29, 1.82) is 0 Å². The number of carbonyl (C=O) groups excluding carboxylic acids is 2. The summed E-state index contributed by atoms with van der Waals surface area (Å²) in [5.74, 6) is -0.433. The van der Waals surface area contributed by atoms with Gasteiger partial charge in [-0.1, -0.05) is 19.9 Å². The van der Waals surface area contributed by atoms with Crippen LogP contribution in [-0.2, 0) is 14.3 Å². The molecule has 1 saturated heterocycles. The van der Waals surface area contributed by atoms with Crippen LogP contribution in [0.25, 0.3) is 0 Å². The summed E-state index contributed by atoms with van der Waals surface area (Å²) in [5.41, 5.74) is 0.758. The normalized spacial score (nSPS) is 20.7. The molecule has 0 radical (unpaired) electrons. The van der Waals surface area contributed by atoms with Gasteiger partial charge in [0.25, 0.3) is 5.91 Å². The molecule has 1 aliphatic heterocycles. The molecule has 0 spiro atoms. The average Bonchev–Trinajstić information content (AvgIpc) is 2.62. The molecule has 0 aromatic carbocycles. The van der Waals surface area contributed by atoms with Crippen molar-refractivity contribution >= 4 is 11.8 Å². The Hall–Kier alpha value is -1.99. The van der Waals surface area contributed by atoms with E-state index in [0.717, 1.165) is 31.6 Å². The van der Waals surface area contributed by atoms with Crippen LogP contribution in [0.15, 0.2) is 24.5 Å². The van der Waals surface area contributed by atoms with E-state index < -0.39 is 12.1 Å². The predicted molar refractivity (Wildman–Crippen MR) is 90.3 cm³/mol. The molecule has 2 heterocycles. The van der Waals surface area contributed by atoms with Crippen molar-refractivity contribution in [2.24, 2.45) is 0 Å². The van der Waals surface area contributed by atoms with Gasteiger partial charge < -0.3 is 20.3 Å². The number of nitrogens with one attached hydrogen (secondary N) is 2. The number of carbonyl (C=O) groups is 2. The first-order valence-electron chi connectivity index (χ1n) is 8.46. The molecule has 1 aromatic rings. The van der Waals surface area contributed by atoms with E-state index >= 15 is 0 Å². The lowest BCUT2D eigenvalue weighted by Crippen LogP contribution is -2.52. The van der Waals surface area contributed by atoms with Crippen molar-refractivity contribution in [2.75, 3.05) is 32.8 Å². The van der Waals surface area contributed by atoms with Crippen LogP contribution in [0.1, 0.15) is 31.9 Å². The highest BCUT2D eigenvalue weighted by Gasteiger charge is 2.35. The minimum absolute atomic E-state index is 0.103. The summed E-state index contributed by atoms with van der Waals surface area (Å²) >= 11 is 0. The van der Waals surface area contributed by atoms with Crippen molar-refractivity contribution in [3.05, 3.63) is 30.1 Å². The summed E-state index contributed by atoms with van der Waals surface area (Å²) in [4.78, 5) is 30.4. The predicted octanol–water partition coefficient (Wildman–Crippen LogP) is 0.486. The first kappa shape index (κ1) is 18.4. The Labute approximate surface area is 142 Å². The van der Waals surface area contributed by atoms with Gasteiger partial charge in [-0.25, -0.2) is 0 Å². The number of amides is 2. The van der Waals surface area contributed by atoms with Crippen LogP contribution in [-0.4, -0.2) is 60.6 Å². The maximum absolute atomic E-state index is 12.5. The van der Waals surface area contributed by atoms with E-state index in [1.807, 2.05) is 6.07 Å². The van der Waals surface area contributed by atoms with E-state index in [9.17, 15) is 9.59 Å². The van der Waals surface area contributed by atoms with Crippen LogP contribution in [0, 0.1) is 0 Å². The van der Waals surface area contributed by atoms with Crippen molar-refractivity contribution in [2.45, 2.75) is 32.4 Å². The van der Waals surface area contributed by atoms with Crippen molar-refractivity contribution in [3.63, 3.8) is 0 Å². The summed E-state index contributed by atoms with van der Waals surface area (Å²) in [6, 6.07) is 3.09. The monoisotopic (exact) mass is 334 g/mol. The van der Waals surface area contributed by atoms with Gasteiger partial charge in [-0.15, -0.1) is 0 Å². The van der Waals surface area contributed by atoms with Crippen LogP contribution in [0.2, 0.25) is 0 Å². The minimum Gasteiger partial charge on any atom is -0.356 e. The number of morpholine rings is 1. The molecule has 132 valence electrons. The van der Waals surface area contributed by atoms with E-state index in [1.54, 1.807) is 18.5 Å². The lowest BCUT2D eigenvalue weighted by Gasteiger charge is -2.31. The van der Waals surface area contributed by atoms with Gasteiger partial charge in [0.2, 0.25) is 5.91 Å². The second-order valence-corrected chi connectivity index (χ2v) is 5.73. The van der Waals surface area contributed by atoms with Gasteiger partial charge in [-0.2, -0.15) is 0 Å². The van der Waals surface area contributed by atoms with E-state index in [-0.39, 0.29) is 18.4 Å². The largest absolute Gasteiger partial charge is 0.356 e. The van der Waals surface area contributed by atoms with E-state index in [0.29, 0.717) is 6.54 Å². The summed E-state index contributed by atoms with van der Waals surface area (Å²) in [5, 5.41) is 5.73. The van der Waals surface area contributed by atoms with Gasteiger partial charge in [0.1, 0.15) is 6.61 Å². The molecule has 7 heteroatoms. The third kappa shape index (κ3) is 5.01. The lowest BCUT2D eigenvalue weighted by molar-refractivity contribution is -0.148. The zero-order valence-electron chi connectivity index (χ0n) is 14.3. The second kappa shape index (κ2) is 9.34. The lowest BCUT2D eigenvalue weighted by atomic mass is 10.0. The van der Waals surface area contributed by atoms with Crippen molar-refractivity contribution < 1.29 is 14.3 Å². The van der Waals surface area contributed by atoms with Gasteiger partial charge >= 0.3 is 0 Å². The number of aromatic nitrogens is 1. The minimum atomic E-state index is -0.736. The molecule has 0 bridgehead atoms. The summed E-state index contributed by atoms with van der Waals surface area (Å²) in [6.45, 7) is 7.69. The Morgan fingerprint density at radius 2 is 2.25 bits per heavy atom. The Bertz CT molecular complexity index is 534. The molecule has 2 atom stereocenters. The fourth-order valence-corrected chi connectivity index (χ4v) is 2.75. The van der Waals surface area contributed by atoms with Gasteiger partial charge in [0.15, 0.2) is 6.10 Å². The summed E-state index contributed by atoms with van der Waals surface area (Å²) in [6.07, 6.45) is 3.43. The highest BCUT2D eigenvalue weighted by Crippen LogP contribution is 2.21. The SMILES string of the molecule is CCN(CC)CCCNC(=O)[C@H]1OCC(=O)N[C@@H]1c1cccnc1. The van der Waals surface area contributed by atoms with Crippen LogP contribution >= 0.6 is 0 Å². The Balaban J connectivity index is 1.90. The second-order valence-electron chi connectivity index (χ2n) is 5.73. The quantitative estimate of drug-likeness (QED) is 0.676. The van der Waals surface area contributed by atoms with Gasteiger partial charge in [0, 0.05) is 18.9 Å². The molecule has 7 nitrogen and oxygen atoms in total. The third-order valence-corrected chi connectivity index (χ3v) is 4.16. The molecule has 0 saturated carbocycles. The van der Waals surface area contributed by atoms with E-state index in [2.05, 4.69) is 34.4 Å². The number of rotatable bonds is 8. The molecule has 24 heavy (non-hydrogen) atoms. The summed E-state index contributed by atoms with van der Waals surface area (Å²) < 4.78 is 5.48. The van der Waals surface area contributed by atoms with Gasteiger partial charge in [0.05, 0.1) is 6.04 Å². The fourth-order valence-electron chi connectivity index (χ4n) is 2.75. The van der Waals surface area contributed by atoms with Crippen LogP contribution in [0.5, 0.6) is 0 Å². The van der Waals surface area contributed by atoms with Gasteiger partial charge in [-0.3, -0.25) is 14.6 Å².